The van der Waals surface area contributed by atoms with Gasteiger partial charge in [0.1, 0.15) is 0 Å². The number of nitrogens with zero attached hydrogens (tertiary/aromatic N) is 1. The van der Waals surface area contributed by atoms with Gasteiger partial charge in [-0.3, -0.25) is 4.79 Å². The zero-order valence-electron chi connectivity index (χ0n) is 10.2. The quantitative estimate of drug-likeness (QED) is 0.415. The molecule has 1 rings (SSSR count). The van der Waals surface area contributed by atoms with Gasteiger partial charge < -0.3 is 0 Å². The van der Waals surface area contributed by atoms with Crippen LogP contribution >= 0.6 is 0 Å². The van der Waals surface area contributed by atoms with Crippen molar-refractivity contribution >= 4 is 5.91 Å². The molecule has 0 aromatic rings. The predicted molar refractivity (Wildman–Crippen MR) is 64.8 cm³/mol. The molecule has 1 unspecified atom stereocenters. The minimum atomic E-state index is -0.694. The van der Waals surface area contributed by atoms with Gasteiger partial charge in [0.15, 0.2) is 0 Å². The average molecular weight is 221 g/mol. The zero-order chi connectivity index (χ0) is 12.2. The SMILES string of the molecule is CC1=CCCC(C/C=C/C(=O)N=O)C1(C)C. The first-order valence-corrected chi connectivity index (χ1v) is 5.69. The molecule has 0 aromatic heterocycles. The van der Waals surface area contributed by atoms with E-state index in [-0.39, 0.29) is 5.41 Å². The smallest absolute Gasteiger partial charge is 0.264 e. The number of carbonyl (C=O) groups is 1. The van der Waals surface area contributed by atoms with E-state index < -0.39 is 5.91 Å². The van der Waals surface area contributed by atoms with Crippen LogP contribution in [-0.4, -0.2) is 5.91 Å². The summed E-state index contributed by atoms with van der Waals surface area (Å²) < 4.78 is 0. The Kier molecular flexibility index (Phi) is 4.16. The second kappa shape index (κ2) is 5.19. The average Bonchev–Trinajstić information content (AvgIpc) is 2.24. The molecule has 0 aliphatic heterocycles. The summed E-state index contributed by atoms with van der Waals surface area (Å²) in [5.74, 6) is -0.158. The molecule has 1 atom stereocenters. The molecule has 0 radical (unpaired) electrons. The number of rotatable bonds is 3. The molecule has 0 saturated heterocycles. The van der Waals surface area contributed by atoms with Crippen molar-refractivity contribution in [2.24, 2.45) is 16.5 Å². The summed E-state index contributed by atoms with van der Waals surface area (Å²) in [6.07, 6.45) is 8.41. The molecule has 16 heavy (non-hydrogen) atoms. The largest absolute Gasteiger partial charge is 0.309 e. The van der Waals surface area contributed by atoms with E-state index in [1.54, 1.807) is 6.08 Å². The Morgan fingerprint density at radius 1 is 1.62 bits per heavy atom. The Morgan fingerprint density at radius 2 is 2.31 bits per heavy atom. The van der Waals surface area contributed by atoms with E-state index in [0.717, 1.165) is 19.3 Å². The van der Waals surface area contributed by atoms with Gasteiger partial charge in [-0.1, -0.05) is 31.6 Å². The second-order valence-corrected chi connectivity index (χ2v) is 4.95. The molecule has 88 valence electrons. The molecule has 1 aliphatic rings. The summed E-state index contributed by atoms with van der Waals surface area (Å²) in [5.41, 5.74) is 1.59. The van der Waals surface area contributed by atoms with Crippen LogP contribution < -0.4 is 0 Å². The van der Waals surface area contributed by atoms with Gasteiger partial charge in [0.2, 0.25) is 0 Å². The predicted octanol–water partition coefficient (Wildman–Crippen LogP) is 3.61. The first kappa shape index (κ1) is 12.8. The summed E-state index contributed by atoms with van der Waals surface area (Å²) in [5, 5.41) is 2.34. The molecule has 0 N–H and O–H groups in total. The summed E-state index contributed by atoms with van der Waals surface area (Å²) in [6, 6.07) is 0. The van der Waals surface area contributed by atoms with Gasteiger partial charge in [-0.15, -0.1) is 4.91 Å². The Morgan fingerprint density at radius 3 is 2.94 bits per heavy atom. The number of nitroso groups, excluding NO2 is 1. The lowest BCUT2D eigenvalue weighted by molar-refractivity contribution is -0.113. The van der Waals surface area contributed by atoms with E-state index in [1.807, 2.05) is 0 Å². The normalized spacial score (nSPS) is 24.2. The fraction of sp³-hybridized carbons (Fsp3) is 0.615. The van der Waals surface area contributed by atoms with Crippen LogP contribution in [0, 0.1) is 16.2 Å². The van der Waals surface area contributed by atoms with Crippen LogP contribution in [-0.2, 0) is 4.79 Å². The number of hydrogen-bond donors (Lipinski definition) is 0. The third-order valence-corrected chi connectivity index (χ3v) is 3.77. The molecule has 0 bridgehead atoms. The third kappa shape index (κ3) is 2.87. The lowest BCUT2D eigenvalue weighted by Gasteiger charge is -2.38. The first-order chi connectivity index (χ1) is 7.48. The summed E-state index contributed by atoms with van der Waals surface area (Å²) in [6.45, 7) is 6.63. The van der Waals surface area contributed by atoms with Gasteiger partial charge >= 0.3 is 5.91 Å². The van der Waals surface area contributed by atoms with Crippen LogP contribution in [0.1, 0.15) is 40.0 Å². The highest BCUT2D eigenvalue weighted by Crippen LogP contribution is 2.43. The Bertz CT molecular complexity index is 340. The molecule has 0 heterocycles. The number of allylic oxidation sites excluding steroid dienone is 3. The van der Waals surface area contributed by atoms with Crippen molar-refractivity contribution in [3.8, 4) is 0 Å². The van der Waals surface area contributed by atoms with Crippen LogP contribution in [0.25, 0.3) is 0 Å². The Hall–Kier alpha value is -1.25. The third-order valence-electron chi connectivity index (χ3n) is 3.77. The maximum absolute atomic E-state index is 10.7. The van der Waals surface area contributed by atoms with E-state index in [9.17, 15) is 9.70 Å². The fourth-order valence-electron chi connectivity index (χ4n) is 2.22. The standard InChI is InChI=1S/C13H19NO2/c1-10-6-4-7-11(13(10,2)3)8-5-9-12(15)14-16/h5-6,9,11H,4,7-8H2,1-3H3/b9-5+. The van der Waals surface area contributed by atoms with E-state index >= 15 is 0 Å². The van der Waals surface area contributed by atoms with Gasteiger partial charge in [0.05, 0.1) is 0 Å². The molecule has 1 amide bonds. The number of carbonyl (C=O) groups excluding carboxylic acids is 1. The molecular formula is C13H19NO2. The van der Waals surface area contributed by atoms with Crippen molar-refractivity contribution in [3.05, 3.63) is 28.7 Å². The van der Waals surface area contributed by atoms with Gasteiger partial charge in [0.25, 0.3) is 0 Å². The maximum Gasteiger partial charge on any atom is 0.309 e. The van der Waals surface area contributed by atoms with Gasteiger partial charge in [-0.2, -0.15) is 0 Å². The highest BCUT2D eigenvalue weighted by molar-refractivity contribution is 5.87. The van der Waals surface area contributed by atoms with Gasteiger partial charge in [0, 0.05) is 11.3 Å². The molecule has 1 aliphatic carbocycles. The number of hydrogen-bond acceptors (Lipinski definition) is 2. The van der Waals surface area contributed by atoms with Crippen molar-refractivity contribution in [1.29, 1.82) is 0 Å². The monoisotopic (exact) mass is 221 g/mol. The van der Waals surface area contributed by atoms with Crippen LogP contribution in [0.4, 0.5) is 0 Å². The Labute approximate surface area is 96.6 Å². The van der Waals surface area contributed by atoms with Crippen molar-refractivity contribution < 1.29 is 4.79 Å². The first-order valence-electron chi connectivity index (χ1n) is 5.69. The van der Waals surface area contributed by atoms with Crippen molar-refractivity contribution in [2.45, 2.75) is 40.0 Å². The molecule has 0 aromatic carbocycles. The minimum Gasteiger partial charge on any atom is -0.264 e. The van der Waals surface area contributed by atoms with Gasteiger partial charge in [-0.25, -0.2) is 0 Å². The summed E-state index contributed by atoms with van der Waals surface area (Å²) in [7, 11) is 0. The molecule has 0 fully saturated rings. The van der Waals surface area contributed by atoms with Crippen molar-refractivity contribution in [3.63, 3.8) is 0 Å². The topological polar surface area (TPSA) is 46.5 Å². The fourth-order valence-corrected chi connectivity index (χ4v) is 2.22. The van der Waals surface area contributed by atoms with E-state index in [1.165, 1.54) is 11.6 Å². The summed E-state index contributed by atoms with van der Waals surface area (Å²) >= 11 is 0. The molecular weight excluding hydrogens is 202 g/mol. The molecule has 3 heteroatoms. The van der Waals surface area contributed by atoms with Crippen LogP contribution in [0.2, 0.25) is 0 Å². The lowest BCUT2D eigenvalue weighted by atomic mass is 9.67. The Balaban J connectivity index is 2.62. The zero-order valence-corrected chi connectivity index (χ0v) is 10.2. The van der Waals surface area contributed by atoms with E-state index in [2.05, 4.69) is 32.0 Å². The van der Waals surface area contributed by atoms with Crippen LogP contribution in [0.5, 0.6) is 0 Å². The van der Waals surface area contributed by atoms with E-state index in [4.69, 9.17) is 0 Å². The van der Waals surface area contributed by atoms with Crippen molar-refractivity contribution in [2.75, 3.05) is 0 Å². The van der Waals surface area contributed by atoms with Gasteiger partial charge in [-0.05, 0) is 37.5 Å². The molecule has 0 spiro atoms. The highest BCUT2D eigenvalue weighted by Gasteiger charge is 2.32. The summed E-state index contributed by atoms with van der Waals surface area (Å²) in [4.78, 5) is 20.6. The maximum atomic E-state index is 10.7. The van der Waals surface area contributed by atoms with Crippen LogP contribution in [0.3, 0.4) is 0 Å². The minimum absolute atomic E-state index is 0.181. The second-order valence-electron chi connectivity index (χ2n) is 4.95. The molecule has 0 saturated carbocycles. The van der Waals surface area contributed by atoms with E-state index in [0.29, 0.717) is 5.92 Å². The molecule has 3 nitrogen and oxygen atoms in total. The van der Waals surface area contributed by atoms with Crippen LogP contribution in [0.15, 0.2) is 29.0 Å². The lowest BCUT2D eigenvalue weighted by Crippen LogP contribution is -2.27. The van der Waals surface area contributed by atoms with Crippen molar-refractivity contribution in [1.82, 2.24) is 0 Å². The highest BCUT2D eigenvalue weighted by atomic mass is 16.3. The number of amides is 1.